The van der Waals surface area contributed by atoms with Crippen molar-refractivity contribution in [1.29, 1.82) is 0 Å². The van der Waals surface area contributed by atoms with Crippen LogP contribution in [0.5, 0.6) is 5.88 Å². The second-order valence-corrected chi connectivity index (χ2v) is 4.52. The Morgan fingerprint density at radius 2 is 1.84 bits per heavy atom. The van der Waals surface area contributed by atoms with E-state index in [9.17, 15) is 4.39 Å². The quantitative estimate of drug-likeness (QED) is 0.692. The van der Waals surface area contributed by atoms with E-state index in [-0.39, 0.29) is 5.82 Å². The van der Waals surface area contributed by atoms with Crippen molar-refractivity contribution in [3.05, 3.63) is 66.0 Å². The average Bonchev–Trinajstić information content (AvgIpc) is 2.74. The summed E-state index contributed by atoms with van der Waals surface area (Å²) >= 11 is 0. The lowest BCUT2D eigenvalue weighted by molar-refractivity contribution is 0.285. The summed E-state index contributed by atoms with van der Waals surface area (Å²) in [4.78, 5) is 0. The van der Waals surface area contributed by atoms with E-state index in [0.29, 0.717) is 6.61 Å². The highest BCUT2D eigenvalue weighted by molar-refractivity contribution is 5.82. The maximum Gasteiger partial charge on any atom is 0.194 e. The first-order valence-corrected chi connectivity index (χ1v) is 6.16. The molecular formula is C16H14FNO. The summed E-state index contributed by atoms with van der Waals surface area (Å²) in [5.74, 6) is 0.511. The minimum Gasteiger partial charge on any atom is -0.474 e. The summed E-state index contributed by atoms with van der Waals surface area (Å²) in [5, 5.41) is 0.852. The molecule has 0 atom stereocenters. The molecule has 2 nitrogen and oxygen atoms in total. The summed E-state index contributed by atoms with van der Waals surface area (Å²) in [6.45, 7) is 0.507. The summed E-state index contributed by atoms with van der Waals surface area (Å²) < 4.78 is 20.9. The monoisotopic (exact) mass is 255 g/mol. The number of hydrogen-bond donors (Lipinski definition) is 0. The van der Waals surface area contributed by atoms with Gasteiger partial charge in [0, 0.05) is 18.5 Å². The third kappa shape index (κ3) is 2.32. The Kier molecular flexibility index (Phi) is 2.95. The van der Waals surface area contributed by atoms with Gasteiger partial charge in [0.25, 0.3) is 0 Å². The molecule has 0 radical (unpaired) electrons. The normalized spacial score (nSPS) is 10.8. The Balaban J connectivity index is 1.87. The van der Waals surface area contributed by atoms with Crippen LogP contribution < -0.4 is 4.74 Å². The predicted octanol–water partition coefficient (Wildman–Crippen LogP) is 3.90. The maximum atomic E-state index is 13.2. The number of benzene rings is 2. The molecule has 3 rings (SSSR count). The molecule has 0 saturated heterocycles. The highest BCUT2D eigenvalue weighted by Crippen LogP contribution is 2.25. The van der Waals surface area contributed by atoms with Gasteiger partial charge in [-0.3, -0.25) is 0 Å². The molecule has 0 saturated carbocycles. The SMILES string of the molecule is Cn1c(OCc2ccccc2)cc2cc(F)ccc21. The van der Waals surface area contributed by atoms with Crippen LogP contribution in [-0.2, 0) is 13.7 Å². The first-order chi connectivity index (χ1) is 9.24. The molecule has 3 aromatic rings. The summed E-state index contributed by atoms with van der Waals surface area (Å²) in [6, 6.07) is 16.6. The zero-order chi connectivity index (χ0) is 13.2. The minimum absolute atomic E-state index is 0.229. The van der Waals surface area contributed by atoms with E-state index in [1.807, 2.05) is 48.0 Å². The molecule has 96 valence electrons. The van der Waals surface area contributed by atoms with Gasteiger partial charge in [-0.15, -0.1) is 0 Å². The molecule has 0 bridgehead atoms. The molecule has 0 N–H and O–H groups in total. The van der Waals surface area contributed by atoms with Crippen molar-refractivity contribution in [2.45, 2.75) is 6.61 Å². The van der Waals surface area contributed by atoms with Gasteiger partial charge in [0.2, 0.25) is 0 Å². The molecule has 0 amide bonds. The number of rotatable bonds is 3. The molecule has 3 heteroatoms. The van der Waals surface area contributed by atoms with Crippen molar-refractivity contribution in [2.24, 2.45) is 7.05 Å². The topological polar surface area (TPSA) is 14.2 Å². The summed E-state index contributed by atoms with van der Waals surface area (Å²) in [5.41, 5.74) is 2.07. The van der Waals surface area contributed by atoms with Crippen LogP contribution in [0.3, 0.4) is 0 Å². The third-order valence-corrected chi connectivity index (χ3v) is 3.19. The molecule has 0 fully saturated rings. The standard InChI is InChI=1S/C16H14FNO/c1-18-15-8-7-14(17)9-13(15)10-16(18)19-11-12-5-3-2-4-6-12/h2-10H,11H2,1H3. The molecule has 1 aromatic heterocycles. The van der Waals surface area contributed by atoms with Crippen molar-refractivity contribution < 1.29 is 9.13 Å². The molecule has 0 aliphatic rings. The maximum absolute atomic E-state index is 13.2. The lowest BCUT2D eigenvalue weighted by atomic mass is 10.2. The van der Waals surface area contributed by atoms with Gasteiger partial charge in [-0.2, -0.15) is 0 Å². The zero-order valence-corrected chi connectivity index (χ0v) is 10.6. The fraction of sp³-hybridized carbons (Fsp3) is 0.125. The third-order valence-electron chi connectivity index (χ3n) is 3.19. The van der Waals surface area contributed by atoms with Crippen LogP contribution in [0, 0.1) is 5.82 Å². The molecule has 0 spiro atoms. The Labute approximate surface area is 111 Å². The van der Waals surface area contributed by atoms with E-state index in [4.69, 9.17) is 4.74 Å². The molecule has 2 aromatic carbocycles. The lowest BCUT2D eigenvalue weighted by Crippen LogP contribution is -1.99. The van der Waals surface area contributed by atoms with Crippen molar-refractivity contribution >= 4 is 10.9 Å². The van der Waals surface area contributed by atoms with Gasteiger partial charge < -0.3 is 9.30 Å². The lowest BCUT2D eigenvalue weighted by Gasteiger charge is -2.07. The van der Waals surface area contributed by atoms with Gasteiger partial charge in [0.15, 0.2) is 5.88 Å². The van der Waals surface area contributed by atoms with Gasteiger partial charge in [0.05, 0.1) is 5.52 Å². The fourth-order valence-corrected chi connectivity index (χ4v) is 2.17. The van der Waals surface area contributed by atoms with Crippen molar-refractivity contribution in [3.8, 4) is 5.88 Å². The van der Waals surface area contributed by atoms with E-state index in [1.165, 1.54) is 12.1 Å². The Morgan fingerprint density at radius 1 is 1.05 bits per heavy atom. The Hall–Kier alpha value is -2.29. The number of halogens is 1. The van der Waals surface area contributed by atoms with Crippen LogP contribution in [0.1, 0.15) is 5.56 Å². The first kappa shape index (κ1) is 11.8. The van der Waals surface area contributed by atoms with Crippen LogP contribution in [0.2, 0.25) is 0 Å². The first-order valence-electron chi connectivity index (χ1n) is 6.16. The van der Waals surface area contributed by atoms with Gasteiger partial charge in [-0.1, -0.05) is 30.3 Å². The fourth-order valence-electron chi connectivity index (χ4n) is 2.17. The second kappa shape index (κ2) is 4.76. The predicted molar refractivity (Wildman–Crippen MR) is 73.7 cm³/mol. The zero-order valence-electron chi connectivity index (χ0n) is 10.6. The van der Waals surface area contributed by atoms with Gasteiger partial charge in [-0.05, 0) is 23.8 Å². The van der Waals surface area contributed by atoms with Gasteiger partial charge in [-0.25, -0.2) is 4.39 Å². The average molecular weight is 255 g/mol. The molecule has 0 aliphatic carbocycles. The number of ether oxygens (including phenoxy) is 1. The van der Waals surface area contributed by atoms with Gasteiger partial charge in [0.1, 0.15) is 12.4 Å². The molecule has 0 aliphatic heterocycles. The number of fused-ring (bicyclic) bond motifs is 1. The van der Waals surface area contributed by atoms with E-state index in [2.05, 4.69) is 0 Å². The van der Waals surface area contributed by atoms with Crippen LogP contribution in [0.15, 0.2) is 54.6 Å². The highest BCUT2D eigenvalue weighted by Gasteiger charge is 2.07. The van der Waals surface area contributed by atoms with E-state index in [1.54, 1.807) is 6.07 Å². The molecule has 0 unspecified atom stereocenters. The van der Waals surface area contributed by atoms with Crippen LogP contribution >= 0.6 is 0 Å². The summed E-state index contributed by atoms with van der Waals surface area (Å²) in [6.07, 6.45) is 0. The number of nitrogens with zero attached hydrogens (tertiary/aromatic N) is 1. The largest absolute Gasteiger partial charge is 0.474 e. The molecule has 19 heavy (non-hydrogen) atoms. The Bertz CT molecular complexity index is 703. The van der Waals surface area contributed by atoms with Gasteiger partial charge >= 0.3 is 0 Å². The number of aromatic nitrogens is 1. The van der Waals surface area contributed by atoms with Crippen molar-refractivity contribution in [1.82, 2.24) is 4.57 Å². The smallest absolute Gasteiger partial charge is 0.194 e. The highest BCUT2D eigenvalue weighted by atomic mass is 19.1. The van der Waals surface area contributed by atoms with E-state index in [0.717, 1.165) is 22.3 Å². The van der Waals surface area contributed by atoms with Crippen molar-refractivity contribution in [3.63, 3.8) is 0 Å². The second-order valence-electron chi connectivity index (χ2n) is 4.52. The van der Waals surface area contributed by atoms with E-state index >= 15 is 0 Å². The van der Waals surface area contributed by atoms with Crippen molar-refractivity contribution in [2.75, 3.05) is 0 Å². The molecular weight excluding hydrogens is 241 g/mol. The number of hydrogen-bond acceptors (Lipinski definition) is 1. The summed E-state index contributed by atoms with van der Waals surface area (Å²) in [7, 11) is 1.92. The van der Waals surface area contributed by atoms with Crippen LogP contribution in [0.25, 0.3) is 10.9 Å². The minimum atomic E-state index is -0.229. The van der Waals surface area contributed by atoms with Crippen LogP contribution in [-0.4, -0.2) is 4.57 Å². The van der Waals surface area contributed by atoms with Crippen LogP contribution in [0.4, 0.5) is 4.39 Å². The Morgan fingerprint density at radius 3 is 2.63 bits per heavy atom. The van der Waals surface area contributed by atoms with E-state index < -0.39 is 0 Å². The number of aryl methyl sites for hydroxylation is 1. The molecule has 1 heterocycles.